The second-order valence-electron chi connectivity index (χ2n) is 9.62. The Kier molecular flexibility index (Phi) is 8.15. The van der Waals surface area contributed by atoms with Crippen molar-refractivity contribution in [3.63, 3.8) is 0 Å². The van der Waals surface area contributed by atoms with Crippen molar-refractivity contribution in [3.05, 3.63) is 89.1 Å². The molecule has 0 aliphatic rings. The lowest BCUT2D eigenvalue weighted by molar-refractivity contribution is 0.0950. The highest BCUT2D eigenvalue weighted by atomic mass is 35.5. The molecule has 2 aromatic heterocycles. The number of ether oxygens (including phenoxy) is 1. The van der Waals surface area contributed by atoms with Gasteiger partial charge in [-0.1, -0.05) is 32.4 Å². The number of aromatic nitrogens is 3. The lowest BCUT2D eigenvalue weighted by Gasteiger charge is -2.14. The Morgan fingerprint density at radius 2 is 1.74 bits per heavy atom. The Morgan fingerprint density at radius 1 is 1.00 bits per heavy atom. The van der Waals surface area contributed by atoms with E-state index >= 15 is 0 Å². The highest BCUT2D eigenvalue weighted by Crippen LogP contribution is 2.28. The molecule has 4 rings (SSSR count). The first kappa shape index (κ1) is 27.6. The molecule has 0 saturated carbocycles. The van der Waals surface area contributed by atoms with Gasteiger partial charge in [-0.2, -0.15) is 5.10 Å². The highest BCUT2D eigenvalue weighted by molar-refractivity contribution is 6.30. The fourth-order valence-electron chi connectivity index (χ4n) is 3.52. The third kappa shape index (κ3) is 6.91. The van der Waals surface area contributed by atoms with E-state index in [4.69, 9.17) is 16.3 Å². The van der Waals surface area contributed by atoms with E-state index < -0.39 is 11.8 Å². The fourth-order valence-corrected chi connectivity index (χ4v) is 3.70. The largest absolute Gasteiger partial charge is 0.457 e. The summed E-state index contributed by atoms with van der Waals surface area (Å²) in [5, 5.41) is 12.8. The fraction of sp³-hybridized carbons (Fsp3) is 0.214. The first-order valence-corrected chi connectivity index (χ1v) is 12.6. The molecule has 39 heavy (non-hydrogen) atoms. The van der Waals surface area contributed by atoms with Gasteiger partial charge in [0.15, 0.2) is 0 Å². The maximum absolute atomic E-state index is 13.7. The number of hydrogen-bond acceptors (Lipinski definition) is 5. The maximum Gasteiger partial charge on any atom is 0.324 e. The Balaban J connectivity index is 1.46. The number of amides is 3. The summed E-state index contributed by atoms with van der Waals surface area (Å²) in [6.07, 6.45) is 1.50. The molecule has 3 N–H and O–H groups in total. The van der Waals surface area contributed by atoms with Crippen molar-refractivity contribution in [2.75, 3.05) is 17.2 Å². The molecular formula is C28H28ClFN6O3. The van der Waals surface area contributed by atoms with Crippen molar-refractivity contribution in [1.29, 1.82) is 0 Å². The minimum atomic E-state index is -0.547. The summed E-state index contributed by atoms with van der Waals surface area (Å²) in [5.74, 6) is 0.519. The molecule has 0 aliphatic heterocycles. The lowest BCUT2D eigenvalue weighted by atomic mass is 9.92. The SMILES string of the molecule is CCNC(=O)c1cc(Oc2ccc(NC(=O)Nc3cc(C(C)(C)C)nn3-c3ccc(F)c(Cl)c3)cc2)ccn1. The number of carbonyl (C=O) groups excluding carboxylic acids is 2. The summed E-state index contributed by atoms with van der Waals surface area (Å²) < 4.78 is 21.1. The molecule has 0 aliphatic carbocycles. The van der Waals surface area contributed by atoms with Crippen molar-refractivity contribution in [3.8, 4) is 17.2 Å². The number of carbonyl (C=O) groups is 2. The number of nitrogens with one attached hydrogen (secondary N) is 3. The predicted octanol–water partition coefficient (Wildman–Crippen LogP) is 6.54. The van der Waals surface area contributed by atoms with Gasteiger partial charge in [0.25, 0.3) is 5.91 Å². The van der Waals surface area contributed by atoms with Crippen molar-refractivity contribution < 1.29 is 18.7 Å². The van der Waals surface area contributed by atoms with Gasteiger partial charge in [-0.15, -0.1) is 0 Å². The lowest BCUT2D eigenvalue weighted by Crippen LogP contribution is -2.23. The van der Waals surface area contributed by atoms with E-state index in [0.717, 1.165) is 5.69 Å². The molecule has 3 amide bonds. The molecule has 0 spiro atoms. The number of pyridine rings is 1. The topological polar surface area (TPSA) is 110 Å². The molecule has 11 heteroatoms. The van der Waals surface area contributed by atoms with Gasteiger partial charge in [-0.05, 0) is 55.5 Å². The summed E-state index contributed by atoms with van der Waals surface area (Å²) in [4.78, 5) is 28.9. The highest BCUT2D eigenvalue weighted by Gasteiger charge is 2.22. The van der Waals surface area contributed by atoms with Crippen LogP contribution >= 0.6 is 11.6 Å². The zero-order valence-electron chi connectivity index (χ0n) is 21.9. The predicted molar refractivity (Wildman–Crippen MR) is 149 cm³/mol. The molecule has 2 heterocycles. The van der Waals surface area contributed by atoms with Crippen molar-refractivity contribution in [2.45, 2.75) is 33.1 Å². The average molecular weight is 551 g/mol. The van der Waals surface area contributed by atoms with Crippen LogP contribution in [0.4, 0.5) is 20.7 Å². The smallest absolute Gasteiger partial charge is 0.324 e. The molecule has 0 unspecified atom stereocenters. The summed E-state index contributed by atoms with van der Waals surface area (Å²) >= 11 is 5.98. The van der Waals surface area contributed by atoms with Crippen LogP contribution in [0.1, 0.15) is 43.9 Å². The summed E-state index contributed by atoms with van der Waals surface area (Å²) in [6, 6.07) is 15.4. The van der Waals surface area contributed by atoms with Gasteiger partial charge in [0, 0.05) is 36.0 Å². The first-order chi connectivity index (χ1) is 18.5. The van der Waals surface area contributed by atoms with E-state index in [1.54, 1.807) is 42.5 Å². The van der Waals surface area contributed by atoms with E-state index in [1.165, 1.54) is 29.1 Å². The molecule has 202 valence electrons. The van der Waals surface area contributed by atoms with E-state index in [2.05, 4.69) is 26.0 Å². The van der Waals surface area contributed by atoms with Gasteiger partial charge >= 0.3 is 6.03 Å². The number of benzene rings is 2. The maximum atomic E-state index is 13.7. The Hall–Kier alpha value is -4.44. The normalized spacial score (nSPS) is 11.1. The van der Waals surface area contributed by atoms with Crippen molar-refractivity contribution in [1.82, 2.24) is 20.1 Å². The van der Waals surface area contributed by atoms with Gasteiger partial charge in [0.1, 0.15) is 28.8 Å². The molecule has 0 bridgehead atoms. The zero-order valence-corrected chi connectivity index (χ0v) is 22.6. The standard InChI is InChI=1S/C28H28ClFN6O3/c1-5-31-26(37)23-15-20(12-13-32-23)39-19-9-6-17(7-10-19)33-27(38)34-25-16-24(28(2,3)4)35-36(25)18-8-11-22(30)21(29)14-18/h6-16H,5H2,1-4H3,(H,31,37)(H2,33,34,38). The summed E-state index contributed by atoms with van der Waals surface area (Å²) in [5.41, 5.74) is 1.70. The van der Waals surface area contributed by atoms with E-state index in [-0.39, 0.29) is 22.0 Å². The molecule has 2 aromatic carbocycles. The van der Waals surface area contributed by atoms with Crippen LogP contribution in [0.5, 0.6) is 11.5 Å². The number of halogens is 2. The molecule has 0 saturated heterocycles. The van der Waals surface area contributed by atoms with Crippen LogP contribution < -0.4 is 20.7 Å². The van der Waals surface area contributed by atoms with Crippen LogP contribution in [0.2, 0.25) is 5.02 Å². The third-order valence-corrected chi connectivity index (χ3v) is 5.81. The second-order valence-corrected chi connectivity index (χ2v) is 10.0. The summed E-state index contributed by atoms with van der Waals surface area (Å²) in [6.45, 7) is 8.31. The van der Waals surface area contributed by atoms with Crippen LogP contribution in [-0.2, 0) is 5.41 Å². The Labute approximate surface area is 230 Å². The number of anilines is 2. The van der Waals surface area contributed by atoms with Gasteiger partial charge < -0.3 is 15.4 Å². The van der Waals surface area contributed by atoms with E-state index in [9.17, 15) is 14.0 Å². The van der Waals surface area contributed by atoms with Crippen molar-refractivity contribution >= 4 is 35.0 Å². The molecule has 9 nitrogen and oxygen atoms in total. The second kappa shape index (κ2) is 11.5. The zero-order chi connectivity index (χ0) is 28.2. The molecule has 0 atom stereocenters. The molecule has 0 radical (unpaired) electrons. The van der Waals surface area contributed by atoms with Gasteiger partial charge in [-0.25, -0.2) is 13.9 Å². The van der Waals surface area contributed by atoms with E-state index in [1.807, 2.05) is 27.7 Å². The monoisotopic (exact) mass is 550 g/mol. The number of rotatable bonds is 7. The van der Waals surface area contributed by atoms with Crippen LogP contribution in [0.3, 0.4) is 0 Å². The summed E-state index contributed by atoms with van der Waals surface area (Å²) in [7, 11) is 0. The molecular weight excluding hydrogens is 523 g/mol. The number of hydrogen-bond donors (Lipinski definition) is 3. The van der Waals surface area contributed by atoms with Gasteiger partial charge in [0.2, 0.25) is 0 Å². The van der Waals surface area contributed by atoms with Crippen LogP contribution in [0.15, 0.2) is 66.9 Å². The minimum absolute atomic E-state index is 0.0507. The van der Waals surface area contributed by atoms with Gasteiger partial charge in [0.05, 0.1) is 16.4 Å². The van der Waals surface area contributed by atoms with Gasteiger partial charge in [-0.3, -0.25) is 15.1 Å². The minimum Gasteiger partial charge on any atom is -0.457 e. The number of urea groups is 1. The Bertz CT molecular complexity index is 1500. The molecule has 0 fully saturated rings. The quantitative estimate of drug-likeness (QED) is 0.242. The Morgan fingerprint density at radius 3 is 2.41 bits per heavy atom. The van der Waals surface area contributed by atoms with Crippen molar-refractivity contribution in [2.24, 2.45) is 0 Å². The van der Waals surface area contributed by atoms with Crippen LogP contribution in [0, 0.1) is 5.82 Å². The molecule has 4 aromatic rings. The average Bonchev–Trinajstić information content (AvgIpc) is 3.31. The van der Waals surface area contributed by atoms with Crippen LogP contribution in [0.25, 0.3) is 5.69 Å². The number of nitrogens with zero attached hydrogens (tertiary/aromatic N) is 3. The van der Waals surface area contributed by atoms with Crippen LogP contribution in [-0.4, -0.2) is 33.2 Å². The third-order valence-electron chi connectivity index (χ3n) is 5.52. The first-order valence-electron chi connectivity index (χ1n) is 12.2. The van der Waals surface area contributed by atoms with E-state index in [0.29, 0.717) is 35.2 Å².